The lowest BCUT2D eigenvalue weighted by Crippen LogP contribution is -2.11. The maximum absolute atomic E-state index is 12.1. The summed E-state index contributed by atoms with van der Waals surface area (Å²) in [6, 6.07) is 18.9. The molecule has 0 spiro atoms. The maximum Gasteiger partial charge on any atom is 0.249 e. The molecule has 0 aliphatic heterocycles. The van der Waals surface area contributed by atoms with Gasteiger partial charge in [-0.25, -0.2) is 0 Å². The minimum atomic E-state index is -0.380. The van der Waals surface area contributed by atoms with Gasteiger partial charge in [-0.3, -0.25) is 4.79 Å². The third-order valence-electron chi connectivity index (χ3n) is 5.72. The molecule has 0 bridgehead atoms. The quantitative estimate of drug-likeness (QED) is 0.495. The van der Waals surface area contributed by atoms with Crippen molar-refractivity contribution in [2.45, 2.75) is 40.2 Å². The molecule has 28 heavy (non-hydrogen) atoms. The van der Waals surface area contributed by atoms with Crippen LogP contribution in [0.15, 0.2) is 54.6 Å². The average molecular weight is 370 g/mol. The molecule has 1 heterocycles. The van der Waals surface area contributed by atoms with Gasteiger partial charge in [-0.2, -0.15) is 0 Å². The molecule has 4 rings (SSSR count). The number of aromatic nitrogens is 1. The average Bonchev–Trinajstić information content (AvgIpc) is 2.98. The Bertz CT molecular complexity index is 1180. The second-order valence-corrected chi connectivity index (χ2v) is 7.62. The third kappa shape index (κ3) is 2.97. The minimum Gasteiger partial charge on any atom is -0.366 e. The van der Waals surface area contributed by atoms with Crippen LogP contribution in [0, 0.1) is 13.8 Å². The summed E-state index contributed by atoms with van der Waals surface area (Å²) in [7, 11) is 0. The number of amides is 1. The van der Waals surface area contributed by atoms with E-state index < -0.39 is 0 Å². The van der Waals surface area contributed by atoms with Gasteiger partial charge < -0.3 is 10.3 Å². The van der Waals surface area contributed by atoms with Gasteiger partial charge in [-0.1, -0.05) is 49.7 Å². The summed E-state index contributed by atoms with van der Waals surface area (Å²) in [6.07, 6.45) is 2.15. The number of nitrogens with zero attached hydrogens (tertiary/aromatic N) is 1. The molecule has 142 valence electrons. The van der Waals surface area contributed by atoms with Gasteiger partial charge in [0.1, 0.15) is 0 Å². The van der Waals surface area contributed by atoms with Crippen molar-refractivity contribution in [1.29, 1.82) is 0 Å². The van der Waals surface area contributed by atoms with E-state index in [1.54, 1.807) is 0 Å². The highest BCUT2D eigenvalue weighted by Crippen LogP contribution is 2.33. The van der Waals surface area contributed by atoms with E-state index in [-0.39, 0.29) is 5.91 Å². The third-order valence-corrected chi connectivity index (χ3v) is 5.72. The molecule has 3 heteroatoms. The normalized spacial score (nSPS) is 11.4. The Morgan fingerprint density at radius 2 is 1.68 bits per heavy atom. The van der Waals surface area contributed by atoms with Crippen LogP contribution < -0.4 is 5.73 Å². The Kier molecular flexibility index (Phi) is 4.68. The summed E-state index contributed by atoms with van der Waals surface area (Å²) in [5.41, 5.74) is 13.7. The lowest BCUT2D eigenvalue weighted by Gasteiger charge is -2.13. The van der Waals surface area contributed by atoms with Gasteiger partial charge in [-0.05, 0) is 60.7 Å². The van der Waals surface area contributed by atoms with Crippen LogP contribution in [0.3, 0.4) is 0 Å². The highest BCUT2D eigenvalue weighted by atomic mass is 16.1. The molecule has 3 nitrogen and oxygen atoms in total. The smallest absolute Gasteiger partial charge is 0.249 e. The molecular formula is C25H26N2O. The number of aryl methyl sites for hydroxylation is 3. The predicted molar refractivity (Wildman–Crippen MR) is 117 cm³/mol. The molecule has 0 saturated heterocycles. The van der Waals surface area contributed by atoms with Crippen LogP contribution >= 0.6 is 0 Å². The Morgan fingerprint density at radius 3 is 2.36 bits per heavy atom. The van der Waals surface area contributed by atoms with Crippen LogP contribution in [-0.4, -0.2) is 10.5 Å². The largest absolute Gasteiger partial charge is 0.366 e. The summed E-state index contributed by atoms with van der Waals surface area (Å²) in [6.45, 7) is 7.29. The molecule has 2 N–H and O–H groups in total. The van der Waals surface area contributed by atoms with Crippen molar-refractivity contribution >= 4 is 27.7 Å². The van der Waals surface area contributed by atoms with E-state index in [0.29, 0.717) is 5.56 Å². The number of hydrogen-bond donors (Lipinski definition) is 1. The molecule has 0 saturated carbocycles. The number of benzene rings is 3. The van der Waals surface area contributed by atoms with Crippen molar-refractivity contribution in [3.63, 3.8) is 0 Å². The number of hydrogen-bond acceptors (Lipinski definition) is 1. The summed E-state index contributed by atoms with van der Waals surface area (Å²) >= 11 is 0. The maximum atomic E-state index is 12.1. The number of nitrogens with two attached hydrogens (primary N) is 1. The van der Waals surface area contributed by atoms with E-state index in [2.05, 4.69) is 67.8 Å². The van der Waals surface area contributed by atoms with Crippen molar-refractivity contribution in [3.8, 4) is 0 Å². The molecule has 0 atom stereocenters. The van der Waals surface area contributed by atoms with Crippen LogP contribution in [0.1, 0.15) is 46.0 Å². The number of carbonyl (C=O) groups is 1. The standard InChI is InChI=1S/C25H26N2O/c1-4-7-18-12-13-19-23(14-18)27(15-21-16(2)8-5-9-17(21)3)22-11-6-10-20(24(19)22)25(26)28/h5-6,8-14H,4,7,15H2,1-3H3,(H2,26,28). The van der Waals surface area contributed by atoms with Crippen LogP contribution in [0.2, 0.25) is 0 Å². The summed E-state index contributed by atoms with van der Waals surface area (Å²) in [4.78, 5) is 12.1. The van der Waals surface area contributed by atoms with Crippen LogP contribution in [-0.2, 0) is 13.0 Å². The van der Waals surface area contributed by atoms with Gasteiger partial charge in [0.2, 0.25) is 5.91 Å². The zero-order valence-electron chi connectivity index (χ0n) is 16.8. The van der Waals surface area contributed by atoms with Crippen LogP contribution in [0.5, 0.6) is 0 Å². The Balaban J connectivity index is 2.05. The Hall–Kier alpha value is -3.07. The van der Waals surface area contributed by atoms with Gasteiger partial charge in [0.05, 0.1) is 5.52 Å². The second kappa shape index (κ2) is 7.16. The lowest BCUT2D eigenvalue weighted by molar-refractivity contribution is 0.100. The van der Waals surface area contributed by atoms with Crippen molar-refractivity contribution in [1.82, 2.24) is 4.57 Å². The van der Waals surface area contributed by atoms with E-state index in [4.69, 9.17) is 5.73 Å². The fraction of sp³-hybridized carbons (Fsp3) is 0.240. The first-order valence-electron chi connectivity index (χ1n) is 9.90. The van der Waals surface area contributed by atoms with Gasteiger partial charge >= 0.3 is 0 Å². The Labute approximate surface area is 165 Å². The number of primary amides is 1. The number of carbonyl (C=O) groups excluding carboxylic acids is 1. The number of fused-ring (bicyclic) bond motifs is 3. The first-order valence-corrected chi connectivity index (χ1v) is 9.90. The van der Waals surface area contributed by atoms with Gasteiger partial charge in [0.25, 0.3) is 0 Å². The SMILES string of the molecule is CCCc1ccc2c3c(C(N)=O)cccc3n(Cc3c(C)cccc3C)c2c1. The molecule has 0 unspecified atom stereocenters. The van der Waals surface area contributed by atoms with E-state index in [0.717, 1.165) is 41.2 Å². The summed E-state index contributed by atoms with van der Waals surface area (Å²) in [5, 5.41) is 2.05. The van der Waals surface area contributed by atoms with Crippen molar-refractivity contribution in [2.24, 2.45) is 5.73 Å². The molecule has 3 aromatic carbocycles. The molecule has 0 aliphatic carbocycles. The molecule has 0 fully saturated rings. The van der Waals surface area contributed by atoms with E-state index in [1.165, 1.54) is 22.3 Å². The summed E-state index contributed by atoms with van der Waals surface area (Å²) < 4.78 is 2.34. The fourth-order valence-corrected chi connectivity index (χ4v) is 4.27. The number of rotatable bonds is 5. The lowest BCUT2D eigenvalue weighted by atomic mass is 10.0. The zero-order valence-corrected chi connectivity index (χ0v) is 16.8. The molecule has 1 aromatic heterocycles. The first kappa shape index (κ1) is 18.3. The van der Waals surface area contributed by atoms with E-state index in [9.17, 15) is 4.79 Å². The Morgan fingerprint density at radius 1 is 0.964 bits per heavy atom. The molecule has 0 aliphatic rings. The van der Waals surface area contributed by atoms with Gasteiger partial charge in [0.15, 0.2) is 0 Å². The zero-order chi connectivity index (χ0) is 19.8. The summed E-state index contributed by atoms with van der Waals surface area (Å²) in [5.74, 6) is -0.380. The van der Waals surface area contributed by atoms with Crippen LogP contribution in [0.25, 0.3) is 21.8 Å². The topological polar surface area (TPSA) is 48.0 Å². The molecule has 1 amide bonds. The van der Waals surface area contributed by atoms with Crippen molar-refractivity contribution < 1.29 is 4.79 Å². The molecule has 0 radical (unpaired) electrons. The minimum absolute atomic E-state index is 0.380. The van der Waals surface area contributed by atoms with E-state index in [1.807, 2.05) is 12.1 Å². The van der Waals surface area contributed by atoms with E-state index >= 15 is 0 Å². The highest BCUT2D eigenvalue weighted by molar-refractivity contribution is 6.18. The van der Waals surface area contributed by atoms with Crippen molar-refractivity contribution in [3.05, 3.63) is 82.4 Å². The molecular weight excluding hydrogens is 344 g/mol. The monoisotopic (exact) mass is 370 g/mol. The first-order chi connectivity index (χ1) is 13.5. The second-order valence-electron chi connectivity index (χ2n) is 7.62. The van der Waals surface area contributed by atoms with Crippen molar-refractivity contribution in [2.75, 3.05) is 0 Å². The fourth-order valence-electron chi connectivity index (χ4n) is 4.27. The van der Waals surface area contributed by atoms with Gasteiger partial charge in [-0.15, -0.1) is 0 Å². The highest BCUT2D eigenvalue weighted by Gasteiger charge is 2.17. The molecule has 4 aromatic rings. The predicted octanol–water partition coefficient (Wildman–Crippen LogP) is 5.51. The van der Waals surface area contributed by atoms with Crippen LogP contribution in [0.4, 0.5) is 0 Å². The van der Waals surface area contributed by atoms with Gasteiger partial charge in [0, 0.05) is 28.4 Å².